The fraction of sp³-hybridized carbons (Fsp3) is 0.250. The molecule has 43 heavy (non-hydrogen) atoms. The van der Waals surface area contributed by atoms with Crippen molar-refractivity contribution in [2.45, 2.75) is 19.5 Å². The van der Waals surface area contributed by atoms with Gasteiger partial charge in [0, 0.05) is 45.0 Å². The van der Waals surface area contributed by atoms with Crippen molar-refractivity contribution in [1.82, 2.24) is 40.0 Å². The van der Waals surface area contributed by atoms with Crippen LogP contribution in [-0.2, 0) is 4.79 Å². The third-order valence-corrected chi connectivity index (χ3v) is 6.97. The lowest BCUT2D eigenvalue weighted by molar-refractivity contribution is -0.114. The van der Waals surface area contributed by atoms with E-state index in [1.807, 2.05) is 35.2 Å². The molecule has 1 aliphatic heterocycles. The molecule has 0 aliphatic carbocycles. The lowest BCUT2D eigenvalue weighted by Gasteiger charge is -2.38. The lowest BCUT2D eigenvalue weighted by Crippen LogP contribution is -2.50. The number of aromatic nitrogens is 6. The minimum atomic E-state index is -2.93. The molecule has 1 fully saturated rings. The highest BCUT2D eigenvalue weighted by Gasteiger charge is 2.33. The van der Waals surface area contributed by atoms with Crippen molar-refractivity contribution in [3.05, 3.63) is 83.7 Å². The Morgan fingerprint density at radius 2 is 1.79 bits per heavy atom. The van der Waals surface area contributed by atoms with E-state index in [-0.39, 0.29) is 46.8 Å². The fourth-order valence-electron chi connectivity index (χ4n) is 5.00. The number of nitrogens with one attached hydrogen (secondary N) is 1. The molecule has 15 heteroatoms. The number of anilines is 1. The Labute approximate surface area is 242 Å². The summed E-state index contributed by atoms with van der Waals surface area (Å²) in [5.74, 6) is -1.67. The first-order valence-corrected chi connectivity index (χ1v) is 13.3. The second kappa shape index (κ2) is 11.6. The van der Waals surface area contributed by atoms with Crippen LogP contribution >= 0.6 is 0 Å². The van der Waals surface area contributed by atoms with Crippen LogP contribution in [0.25, 0.3) is 22.6 Å². The predicted octanol–water partition coefficient (Wildman–Crippen LogP) is 3.92. The van der Waals surface area contributed by atoms with Crippen LogP contribution in [-0.4, -0.2) is 78.0 Å². The number of nitrogens with zero attached hydrogens (tertiary/aromatic N) is 8. The van der Waals surface area contributed by atoms with Crippen LogP contribution < -0.4 is 5.32 Å². The molecule has 0 bridgehead atoms. The predicted molar refractivity (Wildman–Crippen MR) is 146 cm³/mol. The molecule has 1 aliphatic rings. The zero-order valence-electron chi connectivity index (χ0n) is 22.7. The SMILES string of the molecule is CC(=O)Nc1ccc2oc(-c3ccnc(C(=O)N4CCN(C(c5ccccc5)c5nnn(C(F)F)n5)CC4)c3F)nc2c1. The number of benzene rings is 2. The lowest BCUT2D eigenvalue weighted by atomic mass is 10.0. The Bertz CT molecular complexity index is 1790. The summed E-state index contributed by atoms with van der Waals surface area (Å²) < 4.78 is 47.7. The minimum absolute atomic E-state index is 0.0356. The summed E-state index contributed by atoms with van der Waals surface area (Å²) >= 11 is 0. The zero-order valence-corrected chi connectivity index (χ0v) is 22.7. The number of pyridine rings is 1. The molecule has 0 spiro atoms. The Kier molecular flexibility index (Phi) is 7.54. The zero-order chi connectivity index (χ0) is 30.1. The second-order valence-corrected chi connectivity index (χ2v) is 9.79. The monoisotopic (exact) mass is 591 g/mol. The van der Waals surface area contributed by atoms with Gasteiger partial charge in [-0.1, -0.05) is 35.1 Å². The molecule has 0 saturated carbocycles. The first-order valence-electron chi connectivity index (χ1n) is 13.3. The van der Waals surface area contributed by atoms with E-state index in [1.54, 1.807) is 18.2 Å². The number of alkyl halides is 2. The van der Waals surface area contributed by atoms with Gasteiger partial charge in [-0.05, 0) is 35.0 Å². The van der Waals surface area contributed by atoms with E-state index >= 15 is 4.39 Å². The van der Waals surface area contributed by atoms with Crippen molar-refractivity contribution < 1.29 is 27.2 Å². The Balaban J connectivity index is 1.21. The van der Waals surface area contributed by atoms with Gasteiger partial charge in [0.15, 0.2) is 22.9 Å². The summed E-state index contributed by atoms with van der Waals surface area (Å²) in [5.41, 5.74) is 1.64. The molecule has 0 radical (unpaired) electrons. The van der Waals surface area contributed by atoms with E-state index in [4.69, 9.17) is 4.42 Å². The van der Waals surface area contributed by atoms with Gasteiger partial charge in [0.25, 0.3) is 5.91 Å². The number of hydrogen-bond acceptors (Lipinski definition) is 9. The number of tetrazole rings is 1. The number of amides is 2. The average molecular weight is 592 g/mol. The number of hydrogen-bond donors (Lipinski definition) is 1. The summed E-state index contributed by atoms with van der Waals surface area (Å²) in [6.07, 6.45) is 1.31. The quantitative estimate of drug-likeness (QED) is 0.299. The molecule has 12 nitrogen and oxygen atoms in total. The topological polar surface area (TPSA) is 135 Å². The smallest absolute Gasteiger partial charge is 0.350 e. The highest BCUT2D eigenvalue weighted by Crippen LogP contribution is 2.30. The maximum absolute atomic E-state index is 15.7. The van der Waals surface area contributed by atoms with E-state index in [9.17, 15) is 18.4 Å². The van der Waals surface area contributed by atoms with Gasteiger partial charge in [-0.15, -0.1) is 10.2 Å². The molecule has 3 aromatic heterocycles. The van der Waals surface area contributed by atoms with Crippen LogP contribution in [0.1, 0.15) is 41.4 Å². The van der Waals surface area contributed by atoms with Crippen molar-refractivity contribution in [3.8, 4) is 11.5 Å². The molecule has 1 saturated heterocycles. The maximum atomic E-state index is 15.7. The maximum Gasteiger partial charge on any atom is 0.350 e. The Hall–Kier alpha value is -5.18. The van der Waals surface area contributed by atoms with Crippen LogP contribution in [0.4, 0.5) is 18.9 Å². The largest absolute Gasteiger partial charge is 0.436 e. The van der Waals surface area contributed by atoms with Crippen LogP contribution in [0, 0.1) is 5.82 Å². The third-order valence-electron chi connectivity index (χ3n) is 6.97. The first kappa shape index (κ1) is 28.0. The van der Waals surface area contributed by atoms with Gasteiger partial charge in [-0.25, -0.2) is 14.4 Å². The number of oxazole rings is 1. The molecule has 4 heterocycles. The number of rotatable bonds is 7. The molecular weight excluding hydrogens is 567 g/mol. The highest BCUT2D eigenvalue weighted by atomic mass is 19.3. The second-order valence-electron chi connectivity index (χ2n) is 9.79. The van der Waals surface area contributed by atoms with Crippen molar-refractivity contribution in [2.24, 2.45) is 0 Å². The molecule has 1 atom stereocenters. The molecule has 1 unspecified atom stereocenters. The van der Waals surface area contributed by atoms with E-state index in [2.05, 4.69) is 30.7 Å². The normalized spacial score (nSPS) is 14.8. The first-order chi connectivity index (χ1) is 20.8. The van der Waals surface area contributed by atoms with Gasteiger partial charge < -0.3 is 14.6 Å². The van der Waals surface area contributed by atoms with E-state index in [0.717, 1.165) is 5.56 Å². The summed E-state index contributed by atoms with van der Waals surface area (Å²) in [7, 11) is 0. The van der Waals surface area contributed by atoms with E-state index in [1.165, 1.54) is 24.1 Å². The van der Waals surface area contributed by atoms with E-state index in [0.29, 0.717) is 29.9 Å². The molecule has 1 N–H and O–H groups in total. The molecule has 6 rings (SSSR count). The van der Waals surface area contributed by atoms with Crippen molar-refractivity contribution in [2.75, 3.05) is 31.5 Å². The number of piperazine rings is 1. The number of fused-ring (bicyclic) bond motifs is 1. The van der Waals surface area contributed by atoms with Crippen molar-refractivity contribution >= 4 is 28.6 Å². The van der Waals surface area contributed by atoms with Gasteiger partial charge in [-0.2, -0.15) is 8.78 Å². The summed E-state index contributed by atoms with van der Waals surface area (Å²) in [6.45, 7) is -0.461. The number of carbonyl (C=O) groups is 2. The summed E-state index contributed by atoms with van der Waals surface area (Å²) in [5, 5.41) is 13.9. The average Bonchev–Trinajstić information content (AvgIpc) is 3.65. The minimum Gasteiger partial charge on any atom is -0.436 e. The Morgan fingerprint density at radius 3 is 2.49 bits per heavy atom. The van der Waals surface area contributed by atoms with Crippen LogP contribution in [0.5, 0.6) is 0 Å². The van der Waals surface area contributed by atoms with Gasteiger partial charge in [0.2, 0.25) is 11.8 Å². The molecular formula is C28H24F3N9O3. The summed E-state index contributed by atoms with van der Waals surface area (Å²) in [4.78, 5) is 36.8. The standard InChI is InChI=1S/C28H24F3N9O3/c1-16(41)33-18-7-8-21-20(15-18)34-26(43-21)19-9-10-32-23(22(19)29)27(42)39-13-11-38(12-14-39)24(17-5-3-2-4-6-17)25-35-37-40(36-25)28(30)31/h2-10,15,24,28H,11-14H2,1H3,(H,33,41). The molecule has 220 valence electrons. The van der Waals surface area contributed by atoms with Gasteiger partial charge in [0.1, 0.15) is 5.52 Å². The van der Waals surface area contributed by atoms with Crippen LogP contribution in [0.2, 0.25) is 0 Å². The molecule has 2 amide bonds. The van der Waals surface area contributed by atoms with E-state index < -0.39 is 24.3 Å². The summed E-state index contributed by atoms with van der Waals surface area (Å²) in [6, 6.07) is 14.8. The third kappa shape index (κ3) is 5.66. The fourth-order valence-corrected chi connectivity index (χ4v) is 5.00. The molecule has 2 aromatic carbocycles. The van der Waals surface area contributed by atoms with Crippen LogP contribution in [0.3, 0.4) is 0 Å². The number of halogens is 3. The Morgan fingerprint density at radius 1 is 1.02 bits per heavy atom. The van der Waals surface area contributed by atoms with Crippen molar-refractivity contribution in [1.29, 1.82) is 0 Å². The van der Waals surface area contributed by atoms with Gasteiger partial charge >= 0.3 is 6.55 Å². The van der Waals surface area contributed by atoms with Crippen molar-refractivity contribution in [3.63, 3.8) is 0 Å². The number of carbonyl (C=O) groups excluding carboxylic acids is 2. The van der Waals surface area contributed by atoms with Gasteiger partial charge in [-0.3, -0.25) is 14.5 Å². The van der Waals surface area contributed by atoms with Crippen LogP contribution in [0.15, 0.2) is 65.2 Å². The molecule has 5 aromatic rings. The highest BCUT2D eigenvalue weighted by molar-refractivity contribution is 5.94. The van der Waals surface area contributed by atoms with Gasteiger partial charge in [0.05, 0.1) is 11.6 Å².